The third-order valence-electron chi connectivity index (χ3n) is 6.53. The summed E-state index contributed by atoms with van der Waals surface area (Å²) in [6.45, 7) is 0.885. The van der Waals surface area contributed by atoms with Crippen LogP contribution in [0.3, 0.4) is 0 Å². The molecule has 4 aliphatic rings. The first kappa shape index (κ1) is 16.6. The van der Waals surface area contributed by atoms with Crippen molar-refractivity contribution >= 4 is 11.4 Å². The van der Waals surface area contributed by atoms with E-state index in [0.717, 1.165) is 24.1 Å². The van der Waals surface area contributed by atoms with E-state index < -0.39 is 29.0 Å². The first-order valence-electron chi connectivity index (χ1n) is 8.74. The molecule has 1 unspecified atom stereocenters. The van der Waals surface area contributed by atoms with Gasteiger partial charge >= 0.3 is 11.4 Å². The van der Waals surface area contributed by atoms with Crippen molar-refractivity contribution in [2.75, 3.05) is 20.7 Å². The largest absolute Gasteiger partial charge is 0.504 e. The third-order valence-corrected chi connectivity index (χ3v) is 7.12. The van der Waals surface area contributed by atoms with Crippen molar-refractivity contribution in [3.05, 3.63) is 29.3 Å². The van der Waals surface area contributed by atoms with E-state index in [-0.39, 0.29) is 17.7 Å². The number of phenols is 1. The molecular formula is C18H21NO6S. The molecule has 2 heterocycles. The molecule has 1 spiro atoms. The van der Waals surface area contributed by atoms with E-state index in [4.69, 9.17) is 13.1 Å². The molecule has 1 saturated heterocycles. The van der Waals surface area contributed by atoms with Crippen molar-refractivity contribution in [1.82, 2.24) is 4.90 Å². The zero-order chi connectivity index (χ0) is 18.2. The second-order valence-corrected chi connectivity index (χ2v) is 8.42. The quantitative estimate of drug-likeness (QED) is 0.751. The van der Waals surface area contributed by atoms with Gasteiger partial charge in [-0.25, -0.2) is 0 Å². The van der Waals surface area contributed by atoms with Crippen LogP contribution in [0.2, 0.25) is 0 Å². The van der Waals surface area contributed by atoms with Crippen LogP contribution in [-0.2, 0) is 27.4 Å². The monoisotopic (exact) mass is 379 g/mol. The van der Waals surface area contributed by atoms with Gasteiger partial charge in [-0.3, -0.25) is 4.18 Å². The molecular weight excluding hydrogens is 358 g/mol. The van der Waals surface area contributed by atoms with Crippen LogP contribution >= 0.6 is 0 Å². The van der Waals surface area contributed by atoms with Crippen molar-refractivity contribution in [3.63, 3.8) is 0 Å². The number of likely N-dealkylation sites (N-methyl/N-ethyl adjacent to an activating group) is 1. The molecule has 26 heavy (non-hydrogen) atoms. The standard InChI is InChI=1S/C18H21NO6S/c1-19-6-5-18-10-3-4-12(20)17(18)24-16-13(21)8-14(25-26(22)23-2)9(15(16)18)7-11(10)19/h3-4,8,10-12,17,20-21H,5-7H2,1-2H3/t10-,11+,12-,17-,18-,26?/m0/s1. The zero-order valence-corrected chi connectivity index (χ0v) is 15.4. The molecule has 5 rings (SSSR count). The number of benzene rings is 1. The van der Waals surface area contributed by atoms with Gasteiger partial charge in [0.2, 0.25) is 0 Å². The number of rotatable bonds is 3. The van der Waals surface area contributed by atoms with Crippen LogP contribution in [0, 0.1) is 5.92 Å². The van der Waals surface area contributed by atoms with Crippen LogP contribution in [0.4, 0.5) is 0 Å². The van der Waals surface area contributed by atoms with E-state index in [2.05, 4.69) is 18.0 Å². The highest BCUT2D eigenvalue weighted by molar-refractivity contribution is 7.75. The number of nitrogens with zero attached hydrogens (tertiary/aromatic N) is 1. The number of aliphatic hydroxyl groups is 1. The lowest BCUT2D eigenvalue weighted by molar-refractivity contribution is -0.0454. The molecule has 8 heteroatoms. The lowest BCUT2D eigenvalue weighted by atomic mass is 9.53. The van der Waals surface area contributed by atoms with E-state index in [1.54, 1.807) is 0 Å². The summed E-state index contributed by atoms with van der Waals surface area (Å²) in [4.78, 5) is 2.32. The summed E-state index contributed by atoms with van der Waals surface area (Å²) in [7, 11) is 3.40. The average Bonchev–Trinajstić information content (AvgIpc) is 2.97. The molecule has 7 nitrogen and oxygen atoms in total. The number of piperidine rings is 1. The number of likely N-dealkylation sites (tertiary alicyclic amines) is 1. The van der Waals surface area contributed by atoms with Gasteiger partial charge < -0.3 is 24.0 Å². The van der Waals surface area contributed by atoms with Crippen LogP contribution in [0.15, 0.2) is 18.2 Å². The summed E-state index contributed by atoms with van der Waals surface area (Å²) in [6, 6.07) is 1.66. The minimum absolute atomic E-state index is 0.0565. The SMILES string of the molecule is COS(=O)Oc1cc(O)c2c3c1C[C@@H]1[C@@H]4C=C[C@H](O)[C@H](O2)[C@]34CCN1C. The maximum atomic E-state index is 11.8. The molecule has 2 aliphatic heterocycles. The second-order valence-electron chi connectivity index (χ2n) is 7.51. The minimum atomic E-state index is -1.94. The molecule has 0 amide bonds. The summed E-state index contributed by atoms with van der Waals surface area (Å²) in [5.41, 5.74) is 1.39. The van der Waals surface area contributed by atoms with Crippen molar-refractivity contribution in [2.45, 2.75) is 36.5 Å². The Labute approximate surface area is 154 Å². The highest BCUT2D eigenvalue weighted by Crippen LogP contribution is 2.63. The molecule has 2 N–H and O–H groups in total. The Morgan fingerprint density at radius 1 is 1.42 bits per heavy atom. The molecule has 1 aromatic rings. The van der Waals surface area contributed by atoms with Crippen molar-refractivity contribution in [1.29, 1.82) is 0 Å². The van der Waals surface area contributed by atoms with Crippen molar-refractivity contribution in [3.8, 4) is 17.2 Å². The Kier molecular flexibility index (Phi) is 3.47. The van der Waals surface area contributed by atoms with E-state index >= 15 is 0 Å². The fraction of sp³-hybridized carbons (Fsp3) is 0.556. The maximum absolute atomic E-state index is 11.8. The Morgan fingerprint density at radius 3 is 3.00 bits per heavy atom. The van der Waals surface area contributed by atoms with Gasteiger partial charge in [0, 0.05) is 34.6 Å². The van der Waals surface area contributed by atoms with Gasteiger partial charge in [-0.2, -0.15) is 4.21 Å². The number of ether oxygens (including phenoxy) is 1. The topological polar surface area (TPSA) is 88.5 Å². The van der Waals surface area contributed by atoms with Crippen LogP contribution in [0.1, 0.15) is 17.5 Å². The average molecular weight is 379 g/mol. The summed E-state index contributed by atoms with van der Waals surface area (Å²) >= 11 is -1.94. The Hall–Kier alpha value is -1.61. The summed E-state index contributed by atoms with van der Waals surface area (Å²) in [6.07, 6.45) is 4.25. The van der Waals surface area contributed by atoms with Crippen LogP contribution in [0.25, 0.3) is 0 Å². The highest BCUT2D eigenvalue weighted by atomic mass is 32.2. The number of aromatic hydroxyl groups is 1. The van der Waals surface area contributed by atoms with E-state index in [9.17, 15) is 14.4 Å². The Bertz CT molecular complexity index is 841. The lowest BCUT2D eigenvalue weighted by Crippen LogP contribution is -2.64. The van der Waals surface area contributed by atoms with Gasteiger partial charge in [0.05, 0.1) is 7.11 Å². The first-order chi connectivity index (χ1) is 12.5. The van der Waals surface area contributed by atoms with E-state index in [0.29, 0.717) is 17.9 Å². The molecule has 140 valence electrons. The zero-order valence-electron chi connectivity index (χ0n) is 14.5. The Balaban J connectivity index is 1.77. The smallest absolute Gasteiger partial charge is 0.359 e. The van der Waals surface area contributed by atoms with Crippen molar-refractivity contribution in [2.24, 2.45) is 5.92 Å². The fourth-order valence-corrected chi connectivity index (χ4v) is 5.83. The van der Waals surface area contributed by atoms with Gasteiger partial charge in [-0.15, -0.1) is 0 Å². The molecule has 0 saturated carbocycles. The van der Waals surface area contributed by atoms with Crippen LogP contribution in [-0.4, -0.2) is 58.3 Å². The van der Waals surface area contributed by atoms with Crippen molar-refractivity contribution < 1.29 is 27.5 Å². The summed E-state index contributed by atoms with van der Waals surface area (Å²) in [5.74, 6) is 0.911. The minimum Gasteiger partial charge on any atom is -0.504 e. The van der Waals surface area contributed by atoms with E-state index in [1.165, 1.54) is 13.2 Å². The summed E-state index contributed by atoms with van der Waals surface area (Å²) in [5, 5.41) is 21.1. The maximum Gasteiger partial charge on any atom is 0.359 e. The fourth-order valence-electron chi connectivity index (χ4n) is 5.47. The summed E-state index contributed by atoms with van der Waals surface area (Å²) < 4.78 is 28.1. The number of phenolic OH excluding ortho intramolecular Hbond substituents is 1. The normalized spacial score (nSPS) is 37.8. The van der Waals surface area contributed by atoms with Gasteiger partial charge in [0.15, 0.2) is 11.5 Å². The molecule has 1 fully saturated rings. The van der Waals surface area contributed by atoms with Crippen LogP contribution in [0.5, 0.6) is 17.2 Å². The third kappa shape index (κ3) is 1.90. The van der Waals surface area contributed by atoms with Gasteiger partial charge in [-0.1, -0.05) is 12.2 Å². The molecule has 1 aromatic carbocycles. The highest BCUT2D eigenvalue weighted by Gasteiger charge is 2.64. The molecule has 0 aromatic heterocycles. The van der Waals surface area contributed by atoms with Gasteiger partial charge in [-0.05, 0) is 26.4 Å². The molecule has 2 aliphatic carbocycles. The Morgan fingerprint density at radius 2 is 2.23 bits per heavy atom. The number of hydrogen-bond acceptors (Lipinski definition) is 7. The predicted molar refractivity (Wildman–Crippen MR) is 93.4 cm³/mol. The predicted octanol–water partition coefficient (Wildman–Crippen LogP) is 0.802. The van der Waals surface area contributed by atoms with Gasteiger partial charge in [0.25, 0.3) is 0 Å². The van der Waals surface area contributed by atoms with Crippen LogP contribution < -0.4 is 8.92 Å². The first-order valence-corrected chi connectivity index (χ1v) is 9.74. The lowest BCUT2D eigenvalue weighted by Gasteiger charge is -2.56. The van der Waals surface area contributed by atoms with E-state index in [1.807, 2.05) is 6.08 Å². The number of aliphatic hydroxyl groups excluding tert-OH is 1. The second kappa shape index (κ2) is 5.45. The molecule has 0 radical (unpaired) electrons. The number of hydrogen-bond donors (Lipinski definition) is 2. The van der Waals surface area contributed by atoms with Gasteiger partial charge in [0.1, 0.15) is 18.0 Å². The molecule has 6 atom stereocenters. The molecule has 2 bridgehead atoms.